The van der Waals surface area contributed by atoms with Gasteiger partial charge in [0.25, 0.3) is 0 Å². The highest BCUT2D eigenvalue weighted by Gasteiger charge is 2.31. The van der Waals surface area contributed by atoms with E-state index in [1.54, 1.807) is 24.0 Å². The number of carbonyl (C=O) groups excluding carboxylic acids is 2. The number of phenolic OH excluding ortho intramolecular Hbond substituents is 1. The highest BCUT2D eigenvalue weighted by Crippen LogP contribution is 2.34. The number of hydrogen-bond acceptors (Lipinski definition) is 6. The fourth-order valence-corrected chi connectivity index (χ4v) is 3.34. The number of halogens is 1. The van der Waals surface area contributed by atoms with Gasteiger partial charge in [-0.2, -0.15) is 0 Å². The van der Waals surface area contributed by atoms with Gasteiger partial charge in [-0.05, 0) is 58.7 Å². The van der Waals surface area contributed by atoms with Crippen LogP contribution in [-0.4, -0.2) is 60.0 Å². The van der Waals surface area contributed by atoms with Crippen LogP contribution in [0, 0.1) is 0 Å². The molecule has 1 N–H and O–H groups in total. The van der Waals surface area contributed by atoms with Crippen molar-refractivity contribution in [1.29, 1.82) is 0 Å². The van der Waals surface area contributed by atoms with Crippen LogP contribution < -0.4 is 4.90 Å². The Morgan fingerprint density at radius 2 is 1.93 bits per heavy atom. The Balaban J connectivity index is 2.13. The average molecular weight is 413 g/mol. The number of phenols is 1. The molecule has 1 saturated heterocycles. The average Bonchev–Trinajstić information content (AvgIpc) is 2.61. The highest BCUT2D eigenvalue weighted by atomic mass is 35.5. The predicted octanol–water partition coefficient (Wildman–Crippen LogP) is 3.81. The highest BCUT2D eigenvalue weighted by molar-refractivity contribution is 6.31. The summed E-state index contributed by atoms with van der Waals surface area (Å²) < 4.78 is 10.5. The van der Waals surface area contributed by atoms with Crippen LogP contribution in [0.25, 0.3) is 0 Å². The van der Waals surface area contributed by atoms with Gasteiger partial charge in [0.15, 0.2) is 0 Å². The van der Waals surface area contributed by atoms with Crippen LogP contribution in [0.15, 0.2) is 18.2 Å². The number of anilines is 1. The molecule has 7 nitrogen and oxygen atoms in total. The number of nitrogens with zero attached hydrogens (tertiary/aromatic N) is 2. The lowest BCUT2D eigenvalue weighted by Gasteiger charge is -2.39. The fraction of sp³-hybridized carbons (Fsp3) is 0.600. The number of benzene rings is 1. The van der Waals surface area contributed by atoms with Crippen LogP contribution in [0.3, 0.4) is 0 Å². The summed E-state index contributed by atoms with van der Waals surface area (Å²) >= 11 is 6.10. The van der Waals surface area contributed by atoms with E-state index in [2.05, 4.69) is 0 Å². The lowest BCUT2D eigenvalue weighted by molar-refractivity contribution is -0.141. The monoisotopic (exact) mass is 412 g/mol. The first-order valence-electron chi connectivity index (χ1n) is 9.49. The maximum absolute atomic E-state index is 12.3. The second kappa shape index (κ2) is 9.37. The van der Waals surface area contributed by atoms with Crippen LogP contribution in [0.1, 0.15) is 40.5 Å². The zero-order valence-electron chi connectivity index (χ0n) is 16.9. The molecule has 28 heavy (non-hydrogen) atoms. The number of piperidine rings is 1. The molecule has 1 aliphatic rings. The molecule has 1 amide bonds. The molecule has 156 valence electrons. The van der Waals surface area contributed by atoms with E-state index in [-0.39, 0.29) is 37.0 Å². The van der Waals surface area contributed by atoms with E-state index >= 15 is 0 Å². The van der Waals surface area contributed by atoms with Crippen LogP contribution in [-0.2, 0) is 14.3 Å². The number of ether oxygens (including phenoxy) is 2. The Kier molecular flexibility index (Phi) is 7.41. The zero-order chi connectivity index (χ0) is 20.9. The minimum atomic E-state index is -0.545. The first-order chi connectivity index (χ1) is 13.1. The van der Waals surface area contributed by atoms with Crippen LogP contribution >= 0.6 is 11.6 Å². The lowest BCUT2D eigenvalue weighted by Crippen LogP contribution is -2.49. The summed E-state index contributed by atoms with van der Waals surface area (Å²) in [5.74, 6) is -0.334. The molecular weight excluding hydrogens is 384 g/mol. The van der Waals surface area contributed by atoms with E-state index in [0.29, 0.717) is 36.6 Å². The van der Waals surface area contributed by atoms with Crippen molar-refractivity contribution in [3.8, 4) is 5.75 Å². The molecule has 0 spiro atoms. The zero-order valence-corrected chi connectivity index (χ0v) is 17.7. The first kappa shape index (κ1) is 22.1. The van der Waals surface area contributed by atoms with E-state index in [4.69, 9.17) is 21.1 Å². The summed E-state index contributed by atoms with van der Waals surface area (Å²) in [6.45, 7) is 8.53. The second-order valence-electron chi connectivity index (χ2n) is 7.76. The van der Waals surface area contributed by atoms with Crippen LogP contribution in [0.2, 0.25) is 5.02 Å². The third-order valence-electron chi connectivity index (χ3n) is 4.41. The van der Waals surface area contributed by atoms with Gasteiger partial charge in [0, 0.05) is 24.2 Å². The van der Waals surface area contributed by atoms with Gasteiger partial charge in [-0.1, -0.05) is 11.6 Å². The van der Waals surface area contributed by atoms with Gasteiger partial charge >= 0.3 is 12.1 Å². The van der Waals surface area contributed by atoms with Crippen molar-refractivity contribution in [3.05, 3.63) is 23.2 Å². The number of esters is 1. The van der Waals surface area contributed by atoms with Crippen molar-refractivity contribution in [2.45, 2.75) is 52.2 Å². The fourth-order valence-electron chi connectivity index (χ4n) is 3.17. The summed E-state index contributed by atoms with van der Waals surface area (Å²) in [6.07, 6.45) is 0.920. The van der Waals surface area contributed by atoms with Gasteiger partial charge in [0.1, 0.15) is 17.9 Å². The van der Waals surface area contributed by atoms with E-state index < -0.39 is 5.60 Å². The summed E-state index contributed by atoms with van der Waals surface area (Å²) in [4.78, 5) is 27.9. The smallest absolute Gasteiger partial charge is 0.410 e. The molecule has 0 radical (unpaired) electrons. The molecule has 0 unspecified atom stereocenters. The number of aromatic hydroxyl groups is 1. The van der Waals surface area contributed by atoms with Crippen molar-refractivity contribution >= 4 is 29.4 Å². The van der Waals surface area contributed by atoms with Gasteiger partial charge in [-0.3, -0.25) is 4.79 Å². The van der Waals surface area contributed by atoms with E-state index in [1.807, 2.05) is 25.7 Å². The molecule has 1 aliphatic heterocycles. The number of rotatable bonds is 5. The van der Waals surface area contributed by atoms with Gasteiger partial charge < -0.3 is 24.4 Å². The number of likely N-dealkylation sites (tertiary alicyclic amines) is 1. The topological polar surface area (TPSA) is 79.3 Å². The maximum Gasteiger partial charge on any atom is 0.410 e. The largest absolute Gasteiger partial charge is 0.506 e. The van der Waals surface area contributed by atoms with Crippen molar-refractivity contribution in [1.82, 2.24) is 4.90 Å². The summed E-state index contributed by atoms with van der Waals surface area (Å²) in [6, 6.07) is 4.68. The van der Waals surface area contributed by atoms with Gasteiger partial charge in [0.2, 0.25) is 0 Å². The van der Waals surface area contributed by atoms with Crippen LogP contribution in [0.5, 0.6) is 5.75 Å². The van der Waals surface area contributed by atoms with E-state index in [1.165, 1.54) is 6.07 Å². The third kappa shape index (κ3) is 6.19. The minimum Gasteiger partial charge on any atom is -0.506 e. The van der Waals surface area contributed by atoms with Crippen molar-refractivity contribution in [2.75, 3.05) is 31.1 Å². The molecule has 8 heteroatoms. The molecule has 0 bridgehead atoms. The Morgan fingerprint density at radius 1 is 1.29 bits per heavy atom. The van der Waals surface area contributed by atoms with Crippen LogP contribution in [0.4, 0.5) is 10.5 Å². The Bertz CT molecular complexity index is 696. The third-order valence-corrected chi connectivity index (χ3v) is 4.64. The SMILES string of the molecule is CCOC(=O)CN(c1cc(Cl)ccc1O)C1CCN(C(=O)OC(C)(C)C)CC1. The van der Waals surface area contributed by atoms with Gasteiger partial charge in [0.05, 0.1) is 12.3 Å². The molecular formula is C20H29ClN2O5. The number of amides is 1. The molecule has 0 saturated carbocycles. The summed E-state index contributed by atoms with van der Waals surface area (Å²) in [5, 5.41) is 10.8. The molecule has 1 aromatic rings. The van der Waals surface area contributed by atoms with E-state index in [9.17, 15) is 14.7 Å². The molecule has 0 aromatic heterocycles. The maximum atomic E-state index is 12.3. The van der Waals surface area contributed by atoms with Gasteiger partial charge in [-0.15, -0.1) is 0 Å². The molecule has 2 rings (SSSR count). The standard InChI is InChI=1S/C20H29ClN2O5/c1-5-27-18(25)13-23(16-12-14(21)6-7-17(16)24)15-8-10-22(11-9-15)19(26)28-20(2,3)4/h6-7,12,15,24H,5,8-11,13H2,1-4H3. The Labute approximate surface area is 171 Å². The Hall–Kier alpha value is -2.15. The van der Waals surface area contributed by atoms with E-state index in [0.717, 1.165) is 0 Å². The number of hydrogen-bond donors (Lipinski definition) is 1. The molecule has 1 fully saturated rings. The lowest BCUT2D eigenvalue weighted by atomic mass is 10.0. The van der Waals surface area contributed by atoms with Crippen molar-refractivity contribution in [3.63, 3.8) is 0 Å². The summed E-state index contributed by atoms with van der Waals surface area (Å²) in [5.41, 5.74) is -0.0625. The second-order valence-corrected chi connectivity index (χ2v) is 8.20. The van der Waals surface area contributed by atoms with Crippen molar-refractivity contribution in [2.24, 2.45) is 0 Å². The molecule has 1 aromatic carbocycles. The molecule has 1 heterocycles. The summed E-state index contributed by atoms with van der Waals surface area (Å²) in [7, 11) is 0. The van der Waals surface area contributed by atoms with Crippen molar-refractivity contribution < 1.29 is 24.2 Å². The molecule has 0 atom stereocenters. The quantitative estimate of drug-likeness (QED) is 0.740. The predicted molar refractivity (Wildman–Crippen MR) is 108 cm³/mol. The minimum absolute atomic E-state index is 0.00114. The Morgan fingerprint density at radius 3 is 2.50 bits per heavy atom. The molecule has 0 aliphatic carbocycles. The van der Waals surface area contributed by atoms with Gasteiger partial charge in [-0.25, -0.2) is 4.79 Å². The number of carbonyl (C=O) groups is 2. The first-order valence-corrected chi connectivity index (χ1v) is 9.87. The normalized spacial score (nSPS) is 15.2.